The molecule has 4 aliphatic rings. The Morgan fingerprint density at radius 2 is 1.68 bits per heavy atom. The van der Waals surface area contributed by atoms with E-state index in [-0.39, 0.29) is 65.5 Å². The highest BCUT2D eigenvalue weighted by molar-refractivity contribution is 14.0. The fourth-order valence-corrected chi connectivity index (χ4v) is 6.15. The number of rotatable bonds is 8. The van der Waals surface area contributed by atoms with Gasteiger partial charge in [-0.3, -0.25) is 24.4 Å². The normalized spacial score (nSPS) is 28.9. The molecule has 5 rings (SSSR count). The van der Waals surface area contributed by atoms with Crippen LogP contribution in [0.1, 0.15) is 37.8 Å². The number of benzene rings is 1. The molecule has 184 valence electrons. The summed E-state index contributed by atoms with van der Waals surface area (Å²) in [6.45, 7) is 6.58. The van der Waals surface area contributed by atoms with Crippen LogP contribution >= 0.6 is 24.0 Å². The Morgan fingerprint density at radius 3 is 2.29 bits per heavy atom. The minimum absolute atomic E-state index is 0. The lowest BCUT2D eigenvalue weighted by molar-refractivity contribution is -0.140. The number of hydrogen-bond donors (Lipinski definition) is 2. The molecular formula is C26H36IN5O2. The summed E-state index contributed by atoms with van der Waals surface area (Å²) in [5, 5.41) is 6.66. The van der Waals surface area contributed by atoms with Crippen LogP contribution in [0.15, 0.2) is 47.5 Å². The Bertz CT molecular complexity index is 900. The van der Waals surface area contributed by atoms with E-state index >= 15 is 0 Å². The van der Waals surface area contributed by atoms with E-state index < -0.39 is 0 Å². The Hall–Kier alpha value is -1.94. The van der Waals surface area contributed by atoms with Crippen LogP contribution in [0.25, 0.3) is 0 Å². The largest absolute Gasteiger partial charge is 0.357 e. The summed E-state index contributed by atoms with van der Waals surface area (Å²) in [4.78, 5) is 34.7. The van der Waals surface area contributed by atoms with Gasteiger partial charge < -0.3 is 10.6 Å². The van der Waals surface area contributed by atoms with Crippen molar-refractivity contribution in [2.75, 3.05) is 39.3 Å². The van der Waals surface area contributed by atoms with E-state index in [4.69, 9.17) is 4.99 Å². The van der Waals surface area contributed by atoms with Gasteiger partial charge in [0.2, 0.25) is 11.8 Å². The third-order valence-electron chi connectivity index (χ3n) is 7.72. The van der Waals surface area contributed by atoms with Crippen molar-refractivity contribution in [2.24, 2.45) is 28.7 Å². The van der Waals surface area contributed by atoms with Crippen molar-refractivity contribution in [3.8, 4) is 0 Å². The number of likely N-dealkylation sites (tertiary alicyclic amines) is 2. The van der Waals surface area contributed by atoms with Crippen molar-refractivity contribution in [2.45, 2.75) is 32.2 Å². The minimum Gasteiger partial charge on any atom is -0.357 e. The monoisotopic (exact) mass is 577 g/mol. The number of nitrogens with one attached hydrogen (secondary N) is 2. The molecule has 2 heterocycles. The summed E-state index contributed by atoms with van der Waals surface area (Å²) >= 11 is 0. The lowest BCUT2D eigenvalue weighted by atomic mass is 9.85. The number of allylic oxidation sites excluding steroid dienone is 2. The lowest BCUT2D eigenvalue weighted by Crippen LogP contribution is -2.44. The van der Waals surface area contributed by atoms with Gasteiger partial charge in [0, 0.05) is 19.6 Å². The van der Waals surface area contributed by atoms with E-state index in [0.29, 0.717) is 19.6 Å². The maximum Gasteiger partial charge on any atom is 0.233 e. The van der Waals surface area contributed by atoms with Crippen LogP contribution in [0.4, 0.5) is 0 Å². The number of hydrogen-bond acceptors (Lipinski definition) is 4. The van der Waals surface area contributed by atoms with Crippen LogP contribution in [0, 0.1) is 23.7 Å². The summed E-state index contributed by atoms with van der Waals surface area (Å²) in [7, 11) is 0. The lowest BCUT2D eigenvalue weighted by Gasteiger charge is -2.27. The molecule has 2 N–H and O–H groups in total. The van der Waals surface area contributed by atoms with Gasteiger partial charge in [0.05, 0.1) is 24.4 Å². The smallest absolute Gasteiger partial charge is 0.233 e. The number of carbonyl (C=O) groups excluding carboxylic acids is 2. The molecular weight excluding hydrogens is 541 g/mol. The predicted molar refractivity (Wildman–Crippen MR) is 144 cm³/mol. The molecule has 0 radical (unpaired) electrons. The number of halogens is 1. The number of fused-ring (bicyclic) bond motifs is 5. The van der Waals surface area contributed by atoms with Gasteiger partial charge in [-0.15, -0.1) is 24.0 Å². The number of imide groups is 1. The molecule has 34 heavy (non-hydrogen) atoms. The second-order valence-corrected chi connectivity index (χ2v) is 9.64. The van der Waals surface area contributed by atoms with Gasteiger partial charge in [-0.2, -0.15) is 0 Å². The number of carbonyl (C=O) groups is 2. The fourth-order valence-electron chi connectivity index (χ4n) is 6.15. The van der Waals surface area contributed by atoms with Crippen molar-refractivity contribution in [1.82, 2.24) is 20.4 Å². The van der Waals surface area contributed by atoms with Gasteiger partial charge in [-0.1, -0.05) is 42.5 Å². The Labute approximate surface area is 219 Å². The van der Waals surface area contributed by atoms with Gasteiger partial charge in [-0.05, 0) is 56.7 Å². The maximum atomic E-state index is 12.9. The summed E-state index contributed by atoms with van der Waals surface area (Å²) in [6.07, 6.45) is 7.72. The summed E-state index contributed by atoms with van der Waals surface area (Å²) in [5.74, 6) is 1.04. The van der Waals surface area contributed by atoms with Crippen LogP contribution < -0.4 is 10.6 Å². The topological polar surface area (TPSA) is 77.0 Å². The summed E-state index contributed by atoms with van der Waals surface area (Å²) in [5.41, 5.74) is 1.29. The molecule has 3 fully saturated rings. The van der Waals surface area contributed by atoms with Crippen LogP contribution in [0.2, 0.25) is 0 Å². The van der Waals surface area contributed by atoms with Gasteiger partial charge in [0.15, 0.2) is 5.96 Å². The molecule has 7 nitrogen and oxygen atoms in total. The quantitative estimate of drug-likeness (QED) is 0.164. The Balaban J connectivity index is 0.00000274. The van der Waals surface area contributed by atoms with Crippen molar-refractivity contribution >= 4 is 41.8 Å². The molecule has 2 saturated heterocycles. The molecule has 1 saturated carbocycles. The Kier molecular flexibility index (Phi) is 8.29. The predicted octanol–water partition coefficient (Wildman–Crippen LogP) is 2.80. The van der Waals surface area contributed by atoms with Crippen LogP contribution in [-0.4, -0.2) is 66.8 Å². The summed E-state index contributed by atoms with van der Waals surface area (Å²) < 4.78 is 0. The van der Waals surface area contributed by atoms with Gasteiger partial charge in [-0.25, -0.2) is 0 Å². The van der Waals surface area contributed by atoms with Gasteiger partial charge >= 0.3 is 0 Å². The van der Waals surface area contributed by atoms with E-state index in [1.165, 1.54) is 23.3 Å². The maximum absolute atomic E-state index is 12.9. The van der Waals surface area contributed by atoms with Crippen molar-refractivity contribution in [1.29, 1.82) is 0 Å². The van der Waals surface area contributed by atoms with E-state index in [0.717, 1.165) is 32.0 Å². The van der Waals surface area contributed by atoms with Gasteiger partial charge in [0.1, 0.15) is 0 Å². The third kappa shape index (κ3) is 4.89. The zero-order valence-electron chi connectivity index (χ0n) is 19.9. The first-order valence-electron chi connectivity index (χ1n) is 12.5. The average molecular weight is 578 g/mol. The van der Waals surface area contributed by atoms with E-state index in [9.17, 15) is 9.59 Å². The van der Waals surface area contributed by atoms with Crippen molar-refractivity contribution < 1.29 is 9.59 Å². The Morgan fingerprint density at radius 1 is 1.03 bits per heavy atom. The second-order valence-electron chi connectivity index (χ2n) is 9.64. The highest BCUT2D eigenvalue weighted by atomic mass is 127. The van der Waals surface area contributed by atoms with Crippen LogP contribution in [-0.2, 0) is 9.59 Å². The molecule has 8 heteroatoms. The zero-order valence-corrected chi connectivity index (χ0v) is 22.2. The third-order valence-corrected chi connectivity index (χ3v) is 7.72. The molecule has 2 amide bonds. The van der Waals surface area contributed by atoms with E-state index in [1.807, 2.05) is 6.92 Å². The molecule has 0 aromatic heterocycles. The number of amides is 2. The number of guanidine groups is 1. The van der Waals surface area contributed by atoms with Crippen LogP contribution in [0.5, 0.6) is 0 Å². The summed E-state index contributed by atoms with van der Waals surface area (Å²) in [6, 6.07) is 10.9. The molecule has 0 spiro atoms. The van der Waals surface area contributed by atoms with Crippen LogP contribution in [0.3, 0.4) is 0 Å². The highest BCUT2D eigenvalue weighted by Crippen LogP contribution is 2.52. The zero-order chi connectivity index (χ0) is 22.8. The standard InChI is InChI=1S/C26H35N5O2.HI/c1-2-27-26(29-17-21(30-13-6-7-14-30)18-8-4-3-5-9-18)28-12-15-31-24(32)22-19-10-11-20(16-19)23(22)25(31)33;/h3-5,8-11,19-23H,2,6-7,12-17H2,1H3,(H2,27,28,29);1H. The molecule has 5 atom stereocenters. The molecule has 2 aliphatic carbocycles. The first kappa shape index (κ1) is 25.2. The molecule has 2 bridgehead atoms. The second kappa shape index (κ2) is 11.2. The SMILES string of the molecule is CCNC(=NCC(c1ccccc1)N1CCCC1)NCCN1C(=O)C2C3C=CC(C3)C2C1=O.I. The first-order chi connectivity index (χ1) is 16.2. The molecule has 5 unspecified atom stereocenters. The minimum atomic E-state index is -0.124. The first-order valence-corrected chi connectivity index (χ1v) is 12.5. The molecule has 2 aliphatic heterocycles. The van der Waals surface area contributed by atoms with Crippen molar-refractivity contribution in [3.05, 3.63) is 48.0 Å². The number of nitrogens with zero attached hydrogens (tertiary/aromatic N) is 3. The van der Waals surface area contributed by atoms with Crippen molar-refractivity contribution in [3.63, 3.8) is 0 Å². The molecule has 1 aromatic carbocycles. The highest BCUT2D eigenvalue weighted by Gasteiger charge is 2.58. The average Bonchev–Trinajstić information content (AvgIpc) is 3.62. The molecule has 1 aromatic rings. The van der Waals surface area contributed by atoms with Gasteiger partial charge in [0.25, 0.3) is 0 Å². The van der Waals surface area contributed by atoms with E-state index in [1.54, 1.807) is 0 Å². The van der Waals surface area contributed by atoms with E-state index in [2.05, 4.69) is 58.0 Å². The fraction of sp³-hybridized carbons (Fsp3) is 0.577. The number of aliphatic imine (C=N–C) groups is 1.